The molecule has 220 valence electrons. The van der Waals surface area contributed by atoms with Crippen LogP contribution in [0.15, 0.2) is 42.5 Å². The topological polar surface area (TPSA) is 108 Å². The van der Waals surface area contributed by atoms with E-state index in [9.17, 15) is 19.5 Å². The number of unbranched alkanes of at least 4 members (excludes halogenated alkanes) is 4. The fourth-order valence-corrected chi connectivity index (χ4v) is 4.72. The zero-order valence-corrected chi connectivity index (χ0v) is 25.6. The highest BCUT2D eigenvalue weighted by molar-refractivity contribution is 7.80. The van der Waals surface area contributed by atoms with Gasteiger partial charge in [0.25, 0.3) is 5.91 Å². The first-order valence-corrected chi connectivity index (χ1v) is 14.6. The summed E-state index contributed by atoms with van der Waals surface area (Å²) < 4.78 is 5.36. The van der Waals surface area contributed by atoms with Gasteiger partial charge in [-0.1, -0.05) is 68.5 Å². The molecule has 0 aromatic heterocycles. The molecular weight excluding hydrogens is 550 g/mol. The number of amides is 3. The van der Waals surface area contributed by atoms with Crippen LogP contribution in [0.1, 0.15) is 77.0 Å². The molecule has 40 heavy (non-hydrogen) atoms. The smallest absolute Gasteiger partial charge is 0.408 e. The number of para-hydroxylation sites is 1. The number of benzene rings is 2. The number of nitrogens with one attached hydrogen (secondary N) is 2. The number of nitrogens with zero attached hydrogens (tertiary/aromatic N) is 1. The number of carbonyl (C=O) groups is 3. The summed E-state index contributed by atoms with van der Waals surface area (Å²) in [6.45, 7) is 9.41. The number of aryl methyl sites for hydroxylation is 1. The van der Waals surface area contributed by atoms with Crippen molar-refractivity contribution in [3.8, 4) is 5.75 Å². The maximum Gasteiger partial charge on any atom is 0.408 e. The third-order valence-electron chi connectivity index (χ3n) is 6.20. The fourth-order valence-electron chi connectivity index (χ4n) is 4.20. The molecule has 2 atom stereocenters. The number of hydrogen-bond donors (Lipinski definition) is 4. The van der Waals surface area contributed by atoms with Gasteiger partial charge < -0.3 is 25.4 Å². The van der Waals surface area contributed by atoms with Gasteiger partial charge in [0.1, 0.15) is 23.4 Å². The highest BCUT2D eigenvalue weighted by Crippen LogP contribution is 2.30. The van der Waals surface area contributed by atoms with Crippen LogP contribution in [0.5, 0.6) is 5.75 Å². The van der Waals surface area contributed by atoms with Crippen molar-refractivity contribution >= 4 is 47.8 Å². The van der Waals surface area contributed by atoms with E-state index in [2.05, 4.69) is 30.2 Å². The SMILES string of the molecule is CCCCCCCN(C(=O)C(CS)NC(=O)OC(C)(C)C)C(C(=O)Nc1c(C)cccc1Cl)c1ccc(O)cc1. The van der Waals surface area contributed by atoms with Gasteiger partial charge >= 0.3 is 6.09 Å². The van der Waals surface area contributed by atoms with Crippen molar-refractivity contribution in [2.24, 2.45) is 0 Å². The van der Waals surface area contributed by atoms with Gasteiger partial charge in [0.05, 0.1) is 10.7 Å². The first-order valence-electron chi connectivity index (χ1n) is 13.6. The number of halogens is 1. The van der Waals surface area contributed by atoms with E-state index in [4.69, 9.17) is 16.3 Å². The van der Waals surface area contributed by atoms with Crippen molar-refractivity contribution in [2.45, 2.75) is 84.4 Å². The summed E-state index contributed by atoms with van der Waals surface area (Å²) >= 11 is 10.7. The number of aromatic hydroxyl groups is 1. The number of thiol groups is 1. The van der Waals surface area contributed by atoms with Crippen molar-refractivity contribution in [1.29, 1.82) is 0 Å². The van der Waals surface area contributed by atoms with E-state index < -0.39 is 35.6 Å². The Balaban J connectivity index is 2.49. The van der Waals surface area contributed by atoms with Gasteiger partial charge in [0, 0.05) is 12.3 Å². The van der Waals surface area contributed by atoms with Gasteiger partial charge in [-0.25, -0.2) is 4.79 Å². The summed E-state index contributed by atoms with van der Waals surface area (Å²) in [7, 11) is 0. The van der Waals surface area contributed by atoms with Crippen molar-refractivity contribution < 1.29 is 24.2 Å². The summed E-state index contributed by atoms with van der Waals surface area (Å²) in [5, 5.41) is 15.8. The van der Waals surface area contributed by atoms with E-state index in [0.29, 0.717) is 22.7 Å². The molecule has 0 heterocycles. The maximum atomic E-state index is 14.0. The summed E-state index contributed by atoms with van der Waals surface area (Å²) in [6.07, 6.45) is 3.92. The molecule has 0 aliphatic heterocycles. The average Bonchev–Trinajstić information content (AvgIpc) is 2.88. The number of anilines is 1. The van der Waals surface area contributed by atoms with Crippen LogP contribution in [0.4, 0.5) is 10.5 Å². The van der Waals surface area contributed by atoms with Crippen LogP contribution in [0.25, 0.3) is 0 Å². The summed E-state index contributed by atoms with van der Waals surface area (Å²) in [5.41, 5.74) is 0.958. The second-order valence-electron chi connectivity index (χ2n) is 10.7. The number of carbonyl (C=O) groups excluding carboxylic acids is 3. The molecule has 0 radical (unpaired) electrons. The largest absolute Gasteiger partial charge is 0.508 e. The van der Waals surface area contributed by atoms with Crippen molar-refractivity contribution in [1.82, 2.24) is 10.2 Å². The van der Waals surface area contributed by atoms with Crippen LogP contribution in [0, 0.1) is 6.92 Å². The van der Waals surface area contributed by atoms with Crippen LogP contribution >= 0.6 is 24.2 Å². The zero-order valence-electron chi connectivity index (χ0n) is 24.0. The van der Waals surface area contributed by atoms with Crippen LogP contribution in [-0.2, 0) is 14.3 Å². The average molecular weight is 592 g/mol. The lowest BCUT2D eigenvalue weighted by Crippen LogP contribution is -2.53. The number of ether oxygens (including phenoxy) is 1. The number of phenolic OH excluding ortho intramolecular Hbond substituents is 1. The van der Waals surface area contributed by atoms with Gasteiger partial charge in [-0.05, 0) is 63.4 Å². The Bertz CT molecular complexity index is 1120. The molecule has 8 nitrogen and oxygen atoms in total. The third-order valence-corrected chi connectivity index (χ3v) is 6.88. The Morgan fingerprint density at radius 3 is 2.27 bits per heavy atom. The van der Waals surface area contributed by atoms with E-state index in [0.717, 1.165) is 31.2 Å². The molecule has 2 aromatic carbocycles. The summed E-state index contributed by atoms with van der Waals surface area (Å²) in [5.74, 6) is -0.917. The van der Waals surface area contributed by atoms with E-state index in [-0.39, 0.29) is 18.0 Å². The molecular formula is C30H42ClN3O5S. The molecule has 2 unspecified atom stereocenters. The molecule has 10 heteroatoms. The number of phenols is 1. The first kappa shape index (κ1) is 33.3. The fraction of sp³-hybridized carbons (Fsp3) is 0.500. The molecule has 0 fully saturated rings. The molecule has 2 rings (SSSR count). The van der Waals surface area contributed by atoms with Gasteiger partial charge in [-0.3, -0.25) is 9.59 Å². The van der Waals surface area contributed by atoms with Crippen LogP contribution in [0.2, 0.25) is 5.02 Å². The quantitative estimate of drug-likeness (QED) is 0.154. The molecule has 3 N–H and O–H groups in total. The molecule has 0 aliphatic carbocycles. The standard InChI is InChI=1S/C30H42ClN3O5S/c1-6-7-8-9-10-18-34(28(37)24(19-40)32-29(38)39-30(3,4)5)26(21-14-16-22(35)17-15-21)27(36)33-25-20(2)12-11-13-23(25)31/h11-17,24,26,35,40H,6-10,18-19H2,1-5H3,(H,32,38)(H,33,36). The second-order valence-corrected chi connectivity index (χ2v) is 11.5. The molecule has 0 bridgehead atoms. The summed E-state index contributed by atoms with van der Waals surface area (Å²) in [4.78, 5) is 42.0. The Labute approximate surface area is 248 Å². The lowest BCUT2D eigenvalue weighted by atomic mass is 10.0. The van der Waals surface area contributed by atoms with E-state index in [1.165, 1.54) is 17.0 Å². The first-order chi connectivity index (χ1) is 18.9. The monoisotopic (exact) mass is 591 g/mol. The lowest BCUT2D eigenvalue weighted by Gasteiger charge is -2.34. The Morgan fingerprint density at radius 2 is 1.70 bits per heavy atom. The number of rotatable bonds is 13. The predicted molar refractivity (Wildman–Crippen MR) is 163 cm³/mol. The van der Waals surface area contributed by atoms with Crippen LogP contribution in [0.3, 0.4) is 0 Å². The van der Waals surface area contributed by atoms with Gasteiger partial charge in [-0.15, -0.1) is 0 Å². The van der Waals surface area contributed by atoms with Gasteiger partial charge in [0.2, 0.25) is 5.91 Å². The summed E-state index contributed by atoms with van der Waals surface area (Å²) in [6, 6.07) is 9.33. The van der Waals surface area contributed by atoms with Gasteiger partial charge in [0.15, 0.2) is 0 Å². The Morgan fingerprint density at radius 1 is 1.05 bits per heavy atom. The zero-order chi connectivity index (χ0) is 29.9. The third kappa shape index (κ3) is 10.2. The minimum atomic E-state index is -1.07. The van der Waals surface area contributed by atoms with E-state index in [1.54, 1.807) is 45.0 Å². The van der Waals surface area contributed by atoms with Crippen molar-refractivity contribution in [3.63, 3.8) is 0 Å². The van der Waals surface area contributed by atoms with Crippen molar-refractivity contribution in [2.75, 3.05) is 17.6 Å². The highest BCUT2D eigenvalue weighted by Gasteiger charge is 2.36. The molecule has 0 aliphatic rings. The van der Waals surface area contributed by atoms with E-state index in [1.807, 2.05) is 13.0 Å². The second kappa shape index (κ2) is 15.8. The van der Waals surface area contributed by atoms with Crippen LogP contribution in [-0.4, -0.2) is 51.9 Å². The van der Waals surface area contributed by atoms with Gasteiger partial charge in [-0.2, -0.15) is 12.6 Å². The number of alkyl carbamates (subject to hydrolysis) is 1. The minimum Gasteiger partial charge on any atom is -0.508 e. The lowest BCUT2D eigenvalue weighted by molar-refractivity contribution is -0.140. The predicted octanol–water partition coefficient (Wildman–Crippen LogP) is 6.66. The molecule has 0 saturated carbocycles. The van der Waals surface area contributed by atoms with Crippen molar-refractivity contribution in [3.05, 3.63) is 58.6 Å². The Hall–Kier alpha value is -2.91. The molecule has 0 saturated heterocycles. The minimum absolute atomic E-state index is 0.00203. The molecule has 2 aromatic rings. The molecule has 0 spiro atoms. The Kier molecular flexibility index (Phi) is 13.1. The van der Waals surface area contributed by atoms with E-state index >= 15 is 0 Å². The number of hydrogen-bond acceptors (Lipinski definition) is 6. The maximum absolute atomic E-state index is 14.0. The van der Waals surface area contributed by atoms with Crippen LogP contribution < -0.4 is 10.6 Å². The normalized spacial score (nSPS) is 12.8. The highest BCUT2D eigenvalue weighted by atomic mass is 35.5. The molecule has 3 amide bonds.